The summed E-state index contributed by atoms with van der Waals surface area (Å²) in [5.41, 5.74) is 3.20. The van der Waals surface area contributed by atoms with Gasteiger partial charge in [0.2, 0.25) is 0 Å². The fourth-order valence-electron chi connectivity index (χ4n) is 4.20. The summed E-state index contributed by atoms with van der Waals surface area (Å²) in [6.07, 6.45) is 4.42. The van der Waals surface area contributed by atoms with Crippen LogP contribution in [-0.2, 0) is 0 Å². The van der Waals surface area contributed by atoms with Crippen molar-refractivity contribution in [2.45, 2.75) is 33.2 Å². The second-order valence-electron chi connectivity index (χ2n) is 8.44. The highest BCUT2D eigenvalue weighted by atomic mass is 19.1. The van der Waals surface area contributed by atoms with Gasteiger partial charge in [-0.15, -0.1) is 5.10 Å². The van der Waals surface area contributed by atoms with Gasteiger partial charge in [-0.25, -0.2) is 13.9 Å². The Morgan fingerprint density at radius 3 is 2.51 bits per heavy atom. The van der Waals surface area contributed by atoms with Crippen LogP contribution in [0.1, 0.15) is 36.3 Å². The number of amides is 1. The highest BCUT2D eigenvalue weighted by molar-refractivity contribution is 6.05. The van der Waals surface area contributed by atoms with Gasteiger partial charge in [0.05, 0.1) is 23.0 Å². The number of aromatic nitrogens is 4. The zero-order valence-electron chi connectivity index (χ0n) is 21.3. The molecular formula is C29H31FN6O. The lowest BCUT2D eigenvalue weighted by atomic mass is 10.1. The molecular weight excluding hydrogens is 467 g/mol. The van der Waals surface area contributed by atoms with Crippen molar-refractivity contribution in [1.29, 1.82) is 0 Å². The first-order valence-corrected chi connectivity index (χ1v) is 12.5. The molecule has 190 valence electrons. The number of hydrogen-bond acceptors (Lipinski definition) is 5. The van der Waals surface area contributed by atoms with E-state index in [1.165, 1.54) is 12.1 Å². The smallest absolute Gasteiger partial charge is 0.253 e. The zero-order valence-corrected chi connectivity index (χ0v) is 21.3. The Morgan fingerprint density at radius 2 is 1.76 bits per heavy atom. The Hall–Kier alpha value is -4.33. The van der Waals surface area contributed by atoms with E-state index in [1.807, 2.05) is 73.9 Å². The van der Waals surface area contributed by atoms with Gasteiger partial charge in [-0.3, -0.25) is 9.78 Å². The molecule has 1 aliphatic rings. The van der Waals surface area contributed by atoms with Crippen molar-refractivity contribution in [2.24, 2.45) is 0 Å². The molecule has 0 unspecified atom stereocenters. The van der Waals surface area contributed by atoms with Gasteiger partial charge in [0.1, 0.15) is 11.6 Å². The van der Waals surface area contributed by atoms with Gasteiger partial charge in [0.25, 0.3) is 5.91 Å². The van der Waals surface area contributed by atoms with Crippen molar-refractivity contribution in [3.05, 3.63) is 102 Å². The number of carbonyl (C=O) groups excluding carboxylic acids is 1. The first kappa shape index (κ1) is 25.8. The van der Waals surface area contributed by atoms with Gasteiger partial charge in [-0.2, -0.15) is 0 Å². The molecule has 0 spiro atoms. The molecule has 5 aromatic rings. The largest absolute Gasteiger partial charge is 0.353 e. The van der Waals surface area contributed by atoms with E-state index in [9.17, 15) is 9.18 Å². The molecule has 0 radical (unpaired) electrons. The number of aryl methyl sites for hydroxylation is 1. The summed E-state index contributed by atoms with van der Waals surface area (Å²) in [6, 6.07) is 21.5. The lowest BCUT2D eigenvalue weighted by molar-refractivity contribution is 0.0942. The highest BCUT2D eigenvalue weighted by Gasteiger charge is 2.26. The van der Waals surface area contributed by atoms with E-state index >= 15 is 0 Å². The predicted octanol–water partition coefficient (Wildman–Crippen LogP) is 5.45. The van der Waals surface area contributed by atoms with Gasteiger partial charge in [0, 0.05) is 30.7 Å². The Bertz CT molecular complexity index is 1460. The number of nitrogens with zero attached hydrogens (tertiary/aromatic N) is 5. The number of nitrogens with one attached hydrogen (secondary N) is 1. The fourth-order valence-corrected chi connectivity index (χ4v) is 4.20. The van der Waals surface area contributed by atoms with Crippen LogP contribution in [0.2, 0.25) is 0 Å². The predicted molar refractivity (Wildman–Crippen MR) is 145 cm³/mol. The van der Waals surface area contributed by atoms with Crippen LogP contribution in [0.3, 0.4) is 0 Å². The van der Waals surface area contributed by atoms with Crippen LogP contribution >= 0.6 is 0 Å². The summed E-state index contributed by atoms with van der Waals surface area (Å²) in [5, 5.41) is 8.82. The van der Waals surface area contributed by atoms with Gasteiger partial charge in [-0.1, -0.05) is 50.2 Å². The number of fused-ring (bicyclic) bond motifs is 2. The molecule has 1 amide bonds. The summed E-state index contributed by atoms with van der Waals surface area (Å²) in [6.45, 7) is 7.57. The van der Waals surface area contributed by atoms with Crippen molar-refractivity contribution in [1.82, 2.24) is 24.9 Å². The maximum absolute atomic E-state index is 12.8. The van der Waals surface area contributed by atoms with E-state index in [1.54, 1.807) is 24.4 Å². The topological polar surface area (TPSA) is 75.4 Å². The van der Waals surface area contributed by atoms with Crippen molar-refractivity contribution in [3.63, 3.8) is 0 Å². The fraction of sp³-hybridized carbons (Fsp3) is 0.241. The van der Waals surface area contributed by atoms with E-state index < -0.39 is 0 Å². The molecule has 1 saturated heterocycles. The van der Waals surface area contributed by atoms with Gasteiger partial charge >= 0.3 is 0 Å². The first-order valence-electron chi connectivity index (χ1n) is 12.5. The summed E-state index contributed by atoms with van der Waals surface area (Å²) >= 11 is 0. The van der Waals surface area contributed by atoms with Gasteiger partial charge in [0.15, 0.2) is 5.65 Å². The molecule has 0 saturated carbocycles. The molecule has 0 aliphatic carbocycles. The minimum atomic E-state index is -0.178. The summed E-state index contributed by atoms with van der Waals surface area (Å²) < 4.78 is 13.8. The quantitative estimate of drug-likeness (QED) is 0.358. The van der Waals surface area contributed by atoms with Gasteiger partial charge in [-0.05, 0) is 49.7 Å². The monoisotopic (exact) mass is 498 g/mol. The molecule has 1 aliphatic heterocycles. The molecule has 1 N–H and O–H groups in total. The van der Waals surface area contributed by atoms with Crippen molar-refractivity contribution in [2.75, 3.05) is 18.0 Å². The van der Waals surface area contributed by atoms with Crippen molar-refractivity contribution >= 4 is 28.3 Å². The molecule has 2 aromatic carbocycles. The van der Waals surface area contributed by atoms with Crippen LogP contribution in [0.4, 0.5) is 10.2 Å². The summed E-state index contributed by atoms with van der Waals surface area (Å²) in [4.78, 5) is 23.7. The molecule has 0 bridgehead atoms. The summed E-state index contributed by atoms with van der Waals surface area (Å²) in [5.74, 6) is 0.643. The minimum Gasteiger partial charge on any atom is -0.353 e. The number of halogens is 1. The number of pyridine rings is 1. The van der Waals surface area contributed by atoms with E-state index in [4.69, 9.17) is 0 Å². The summed E-state index contributed by atoms with van der Waals surface area (Å²) in [7, 11) is 0. The molecule has 1 fully saturated rings. The van der Waals surface area contributed by atoms with E-state index in [0.717, 1.165) is 47.6 Å². The third-order valence-electron chi connectivity index (χ3n) is 5.98. The number of benzene rings is 2. The second-order valence-corrected chi connectivity index (χ2v) is 8.44. The number of hydrogen-bond donors (Lipinski definition) is 1. The second kappa shape index (κ2) is 12.1. The lowest BCUT2D eigenvalue weighted by Crippen LogP contribution is -2.37. The number of rotatable bonds is 3. The molecule has 4 heterocycles. The third kappa shape index (κ3) is 6.09. The van der Waals surface area contributed by atoms with Gasteiger partial charge < -0.3 is 10.2 Å². The normalized spacial score (nSPS) is 14.5. The average molecular weight is 499 g/mol. The number of para-hydroxylation sites is 1. The Labute approximate surface area is 216 Å². The maximum Gasteiger partial charge on any atom is 0.253 e. The van der Waals surface area contributed by atoms with Crippen LogP contribution in [-0.4, -0.2) is 44.6 Å². The molecule has 6 rings (SSSR count). The van der Waals surface area contributed by atoms with Crippen LogP contribution in [0.25, 0.3) is 16.6 Å². The molecule has 7 nitrogen and oxygen atoms in total. The molecule has 3 aromatic heterocycles. The van der Waals surface area contributed by atoms with E-state index in [0.29, 0.717) is 5.56 Å². The van der Waals surface area contributed by atoms with E-state index in [2.05, 4.69) is 25.3 Å². The maximum atomic E-state index is 12.8. The molecule has 1 atom stereocenters. The zero-order chi connectivity index (χ0) is 26.2. The molecule has 37 heavy (non-hydrogen) atoms. The van der Waals surface area contributed by atoms with Crippen molar-refractivity contribution < 1.29 is 9.18 Å². The van der Waals surface area contributed by atoms with Crippen LogP contribution in [0.15, 0.2) is 85.2 Å². The standard InChI is InChI=1S/C21H20N6O.C6H5F.C2H6/c1-14-12-23-18-7-8-19(25-27(14)18)26-11-9-16(13-26)24-21(28)17-6-2-4-15-5-3-10-22-20(15)17;7-6-4-2-1-3-5-6;1-2/h2-8,10,12,16H,9,11,13H2,1H3,(H,24,28);1-5H;1-2H3/t16-;;/m0../s1. The minimum absolute atomic E-state index is 0.0767. The van der Waals surface area contributed by atoms with Crippen LogP contribution in [0, 0.1) is 12.7 Å². The third-order valence-corrected chi connectivity index (χ3v) is 5.98. The van der Waals surface area contributed by atoms with Crippen LogP contribution in [0.5, 0.6) is 0 Å². The number of carbonyl (C=O) groups is 1. The number of imidazole rings is 1. The van der Waals surface area contributed by atoms with E-state index in [-0.39, 0.29) is 17.8 Å². The Kier molecular flexibility index (Phi) is 8.40. The Balaban J connectivity index is 0.000000305. The number of anilines is 1. The highest BCUT2D eigenvalue weighted by Crippen LogP contribution is 2.20. The Morgan fingerprint density at radius 1 is 0.973 bits per heavy atom. The SMILES string of the molecule is CC.Cc1cnc2ccc(N3CC[C@H](NC(=O)c4cccc5cccnc45)C3)nn12.Fc1ccccc1. The van der Waals surface area contributed by atoms with Crippen molar-refractivity contribution in [3.8, 4) is 0 Å². The lowest BCUT2D eigenvalue weighted by Gasteiger charge is -2.18. The average Bonchev–Trinajstić information content (AvgIpc) is 3.56. The first-order chi connectivity index (χ1) is 18.1. The van der Waals surface area contributed by atoms with Crippen LogP contribution < -0.4 is 10.2 Å². The molecule has 8 heteroatoms.